The Bertz CT molecular complexity index is 1390. The summed E-state index contributed by atoms with van der Waals surface area (Å²) in [6.45, 7) is 2.44. The van der Waals surface area contributed by atoms with E-state index in [1.165, 1.54) is 6.08 Å². The van der Waals surface area contributed by atoms with Crippen molar-refractivity contribution in [1.29, 1.82) is 5.26 Å². The number of carbonyl (C=O) groups is 1. The molecule has 0 aliphatic carbocycles. The van der Waals surface area contributed by atoms with Gasteiger partial charge in [0.1, 0.15) is 24.0 Å². The molecule has 4 rings (SSSR count). The Kier molecular flexibility index (Phi) is 6.73. The number of nitrogens with one attached hydrogen (secondary N) is 1. The van der Waals surface area contributed by atoms with Crippen LogP contribution in [0, 0.1) is 18.3 Å². The first-order chi connectivity index (χ1) is 16.0. The van der Waals surface area contributed by atoms with Crippen molar-refractivity contribution in [3.05, 3.63) is 112 Å². The highest BCUT2D eigenvalue weighted by molar-refractivity contribution is 6.32. The average molecular weight is 453 g/mol. The molecule has 0 unspecified atom stereocenters. The molecule has 1 amide bonds. The largest absolute Gasteiger partial charge is 0.487 e. The minimum atomic E-state index is -0.480. The van der Waals surface area contributed by atoms with Crippen LogP contribution in [-0.4, -0.2) is 5.91 Å². The lowest BCUT2D eigenvalue weighted by Gasteiger charge is -2.13. The predicted molar refractivity (Wildman–Crippen MR) is 133 cm³/mol. The molecule has 0 aliphatic rings. The molecule has 0 saturated carbocycles. The van der Waals surface area contributed by atoms with Crippen LogP contribution in [0.5, 0.6) is 5.75 Å². The number of ether oxygens (including phenoxy) is 1. The topological polar surface area (TPSA) is 62.1 Å². The lowest BCUT2D eigenvalue weighted by Crippen LogP contribution is -2.13. The molecule has 4 aromatic carbocycles. The highest BCUT2D eigenvalue weighted by Gasteiger charge is 2.11. The fourth-order valence-corrected chi connectivity index (χ4v) is 3.79. The van der Waals surface area contributed by atoms with Crippen LogP contribution in [0.3, 0.4) is 0 Å². The number of halogens is 1. The van der Waals surface area contributed by atoms with Gasteiger partial charge in [0, 0.05) is 11.3 Å². The number of fused-ring (bicyclic) bond motifs is 1. The number of amides is 1. The molecule has 0 fully saturated rings. The average Bonchev–Trinajstić information content (AvgIpc) is 2.83. The van der Waals surface area contributed by atoms with Crippen LogP contribution in [0.25, 0.3) is 16.8 Å². The summed E-state index contributed by atoms with van der Waals surface area (Å²) in [4.78, 5) is 12.4. The van der Waals surface area contributed by atoms with Gasteiger partial charge in [-0.1, -0.05) is 72.3 Å². The van der Waals surface area contributed by atoms with Crippen LogP contribution < -0.4 is 10.1 Å². The van der Waals surface area contributed by atoms with Crippen LogP contribution in [0.2, 0.25) is 5.02 Å². The van der Waals surface area contributed by atoms with Gasteiger partial charge in [-0.3, -0.25) is 4.79 Å². The van der Waals surface area contributed by atoms with Crippen molar-refractivity contribution in [3.63, 3.8) is 0 Å². The molecule has 0 spiro atoms. The van der Waals surface area contributed by atoms with Gasteiger partial charge in [0.25, 0.3) is 5.91 Å². The van der Waals surface area contributed by atoms with Gasteiger partial charge in [0.2, 0.25) is 0 Å². The van der Waals surface area contributed by atoms with E-state index in [9.17, 15) is 10.1 Å². The van der Waals surface area contributed by atoms with Gasteiger partial charge in [-0.15, -0.1) is 0 Å². The van der Waals surface area contributed by atoms with Gasteiger partial charge in [-0.25, -0.2) is 0 Å². The Morgan fingerprint density at radius 3 is 2.55 bits per heavy atom. The highest BCUT2D eigenvalue weighted by atomic mass is 35.5. The minimum absolute atomic E-state index is 0.0185. The third-order valence-electron chi connectivity index (χ3n) is 5.31. The molecule has 0 aliphatic heterocycles. The van der Waals surface area contributed by atoms with E-state index in [4.69, 9.17) is 16.3 Å². The van der Waals surface area contributed by atoms with Gasteiger partial charge in [0.15, 0.2) is 0 Å². The Morgan fingerprint density at radius 1 is 1.03 bits per heavy atom. The van der Waals surface area contributed by atoms with E-state index in [-0.39, 0.29) is 5.57 Å². The van der Waals surface area contributed by atoms with Crippen LogP contribution in [0.15, 0.2) is 90.5 Å². The van der Waals surface area contributed by atoms with Gasteiger partial charge in [-0.2, -0.15) is 5.26 Å². The summed E-state index contributed by atoms with van der Waals surface area (Å²) in [6, 6.07) is 28.5. The molecular weight excluding hydrogens is 432 g/mol. The zero-order valence-corrected chi connectivity index (χ0v) is 18.8. The summed E-state index contributed by atoms with van der Waals surface area (Å²) < 4.78 is 6.03. The Balaban J connectivity index is 1.51. The van der Waals surface area contributed by atoms with Crippen LogP contribution >= 0.6 is 11.6 Å². The number of hydrogen-bond acceptors (Lipinski definition) is 3. The first-order valence-corrected chi connectivity index (χ1v) is 10.8. The standard InChI is InChI=1S/C28H21ClN2O2/c1-19-11-13-21-7-5-6-10-24(21)25(19)18-33-27-14-12-20(16-26(27)29)15-22(17-30)28(32)31-23-8-3-2-4-9-23/h2-16H,18H2,1H3,(H,31,32)/b22-15+. The first kappa shape index (κ1) is 22.1. The molecule has 0 aromatic heterocycles. The predicted octanol–water partition coefficient (Wildman–Crippen LogP) is 6.93. The molecule has 0 atom stereocenters. The van der Waals surface area contributed by atoms with Crippen molar-refractivity contribution in [3.8, 4) is 11.8 Å². The Morgan fingerprint density at radius 2 is 1.79 bits per heavy atom. The SMILES string of the molecule is Cc1ccc2ccccc2c1COc1ccc(/C=C(\C#N)C(=O)Nc2ccccc2)cc1Cl. The van der Waals surface area contributed by atoms with E-state index in [0.717, 1.165) is 21.9 Å². The van der Waals surface area contributed by atoms with Crippen molar-refractivity contribution < 1.29 is 9.53 Å². The molecular formula is C28H21ClN2O2. The van der Waals surface area contributed by atoms with E-state index in [0.29, 0.717) is 28.6 Å². The van der Waals surface area contributed by atoms with E-state index in [1.807, 2.05) is 36.4 Å². The van der Waals surface area contributed by atoms with Crippen molar-refractivity contribution in [2.24, 2.45) is 0 Å². The monoisotopic (exact) mass is 452 g/mol. The molecule has 4 nitrogen and oxygen atoms in total. The maximum absolute atomic E-state index is 12.4. The van der Waals surface area contributed by atoms with Gasteiger partial charge in [0.05, 0.1) is 5.02 Å². The fraction of sp³-hybridized carbons (Fsp3) is 0.0714. The second-order valence-corrected chi connectivity index (χ2v) is 7.96. The maximum Gasteiger partial charge on any atom is 0.266 e. The molecule has 162 valence electrons. The van der Waals surface area contributed by atoms with Gasteiger partial charge >= 0.3 is 0 Å². The van der Waals surface area contributed by atoms with Crippen molar-refractivity contribution in [2.45, 2.75) is 13.5 Å². The summed E-state index contributed by atoms with van der Waals surface area (Å²) in [7, 11) is 0. The highest BCUT2D eigenvalue weighted by Crippen LogP contribution is 2.29. The lowest BCUT2D eigenvalue weighted by molar-refractivity contribution is -0.112. The Hall–Kier alpha value is -4.07. The molecule has 1 N–H and O–H groups in total. The van der Waals surface area contributed by atoms with Gasteiger partial charge < -0.3 is 10.1 Å². The number of hydrogen-bond donors (Lipinski definition) is 1. The normalized spacial score (nSPS) is 11.1. The smallest absolute Gasteiger partial charge is 0.266 e. The molecule has 4 aromatic rings. The molecule has 33 heavy (non-hydrogen) atoms. The second kappa shape index (κ2) is 10.0. The van der Waals surface area contributed by atoms with Crippen LogP contribution in [0.4, 0.5) is 5.69 Å². The third kappa shape index (κ3) is 5.23. The summed E-state index contributed by atoms with van der Waals surface area (Å²) in [5.41, 5.74) is 3.49. The van der Waals surface area contributed by atoms with Crippen LogP contribution in [0.1, 0.15) is 16.7 Å². The number of benzene rings is 4. The fourth-order valence-electron chi connectivity index (χ4n) is 3.55. The number of para-hydroxylation sites is 1. The zero-order chi connectivity index (χ0) is 23.2. The summed E-state index contributed by atoms with van der Waals surface area (Å²) >= 11 is 6.45. The number of anilines is 1. The summed E-state index contributed by atoms with van der Waals surface area (Å²) in [5, 5.41) is 14.9. The molecule has 0 saturated heterocycles. The van der Waals surface area contributed by atoms with Crippen molar-refractivity contribution in [2.75, 3.05) is 5.32 Å². The van der Waals surface area contributed by atoms with Crippen LogP contribution in [-0.2, 0) is 11.4 Å². The quantitative estimate of drug-likeness (QED) is 0.255. The minimum Gasteiger partial charge on any atom is -0.487 e. The third-order valence-corrected chi connectivity index (χ3v) is 5.61. The number of rotatable bonds is 6. The number of nitrogens with zero attached hydrogens (tertiary/aromatic N) is 1. The molecule has 0 bridgehead atoms. The molecule has 5 heteroatoms. The number of carbonyl (C=O) groups excluding carboxylic acids is 1. The van der Waals surface area contributed by atoms with Crippen molar-refractivity contribution >= 4 is 40.0 Å². The summed E-state index contributed by atoms with van der Waals surface area (Å²) in [6.07, 6.45) is 1.50. The lowest BCUT2D eigenvalue weighted by atomic mass is 10.0. The molecule has 0 heterocycles. The zero-order valence-electron chi connectivity index (χ0n) is 18.0. The second-order valence-electron chi connectivity index (χ2n) is 7.55. The maximum atomic E-state index is 12.4. The number of aryl methyl sites for hydroxylation is 1. The summed E-state index contributed by atoms with van der Waals surface area (Å²) in [5.74, 6) is 0.0555. The Labute approximate surface area is 197 Å². The van der Waals surface area contributed by atoms with E-state index in [1.54, 1.807) is 30.3 Å². The van der Waals surface area contributed by atoms with Crippen molar-refractivity contribution in [1.82, 2.24) is 0 Å². The van der Waals surface area contributed by atoms with E-state index in [2.05, 4.69) is 36.5 Å². The van der Waals surface area contributed by atoms with E-state index < -0.39 is 5.91 Å². The number of nitriles is 1. The van der Waals surface area contributed by atoms with Gasteiger partial charge in [-0.05, 0) is 59.2 Å². The first-order valence-electron chi connectivity index (χ1n) is 10.4. The van der Waals surface area contributed by atoms with E-state index >= 15 is 0 Å². The molecule has 0 radical (unpaired) electrons.